The second-order valence-corrected chi connectivity index (χ2v) is 5.56. The Kier molecular flexibility index (Phi) is 7.38. The minimum Gasteiger partial charge on any atom is -0.314 e. The lowest BCUT2D eigenvalue weighted by Gasteiger charge is -2.35. The monoisotopic (exact) mass is 360 g/mol. The van der Waals surface area contributed by atoms with Gasteiger partial charge in [0.25, 0.3) is 0 Å². The van der Waals surface area contributed by atoms with Crippen LogP contribution in [0.25, 0.3) is 0 Å². The quantitative estimate of drug-likeness (QED) is 0.809. The molecule has 2 nitrogen and oxygen atoms in total. The standard InChI is InChI=1S/C14H17ClF4N2.ClH/c15-10-1-2-12(16)11(9-10)13(3-4-14(17,18)19)21-7-5-20-6-8-21;/h1-2,9,13,20H,3-8H2;1H/t13-;/m1./s1. The smallest absolute Gasteiger partial charge is 0.314 e. The highest BCUT2D eigenvalue weighted by Gasteiger charge is 2.32. The van der Waals surface area contributed by atoms with Crippen molar-refractivity contribution in [1.29, 1.82) is 0 Å². The summed E-state index contributed by atoms with van der Waals surface area (Å²) < 4.78 is 51.6. The summed E-state index contributed by atoms with van der Waals surface area (Å²) in [5.74, 6) is -0.509. The second-order valence-electron chi connectivity index (χ2n) is 5.12. The molecule has 1 aromatic carbocycles. The molecule has 126 valence electrons. The minimum atomic E-state index is -4.25. The van der Waals surface area contributed by atoms with Crippen LogP contribution in [0.2, 0.25) is 5.02 Å². The van der Waals surface area contributed by atoms with Gasteiger partial charge in [-0.25, -0.2) is 4.39 Å². The van der Waals surface area contributed by atoms with E-state index >= 15 is 0 Å². The van der Waals surface area contributed by atoms with Crippen LogP contribution >= 0.6 is 24.0 Å². The first-order valence-corrected chi connectivity index (χ1v) is 7.21. The van der Waals surface area contributed by atoms with Crippen molar-refractivity contribution < 1.29 is 17.6 Å². The molecule has 0 unspecified atom stereocenters. The fourth-order valence-corrected chi connectivity index (χ4v) is 2.78. The lowest BCUT2D eigenvalue weighted by atomic mass is 9.98. The summed E-state index contributed by atoms with van der Waals surface area (Å²) >= 11 is 5.87. The Bertz CT molecular complexity index is 476. The highest BCUT2D eigenvalue weighted by Crippen LogP contribution is 2.34. The van der Waals surface area contributed by atoms with Crippen LogP contribution in [0.5, 0.6) is 0 Å². The molecule has 22 heavy (non-hydrogen) atoms. The lowest BCUT2D eigenvalue weighted by molar-refractivity contribution is -0.138. The molecule has 1 aliphatic rings. The summed E-state index contributed by atoms with van der Waals surface area (Å²) in [5, 5.41) is 3.47. The van der Waals surface area contributed by atoms with Gasteiger partial charge in [-0.15, -0.1) is 12.4 Å². The molecule has 1 saturated heterocycles. The number of alkyl halides is 3. The van der Waals surface area contributed by atoms with Gasteiger partial charge in [0.1, 0.15) is 5.82 Å². The molecule has 8 heteroatoms. The number of nitrogens with zero attached hydrogens (tertiary/aromatic N) is 1. The summed E-state index contributed by atoms with van der Waals surface area (Å²) in [7, 11) is 0. The van der Waals surface area contributed by atoms with E-state index in [-0.39, 0.29) is 24.4 Å². The van der Waals surface area contributed by atoms with Gasteiger partial charge in [0.15, 0.2) is 0 Å². The van der Waals surface area contributed by atoms with Crippen molar-refractivity contribution in [3.8, 4) is 0 Å². The van der Waals surface area contributed by atoms with E-state index in [9.17, 15) is 17.6 Å². The first-order chi connectivity index (χ1) is 9.87. The van der Waals surface area contributed by atoms with Gasteiger partial charge in [-0.3, -0.25) is 4.90 Å². The van der Waals surface area contributed by atoms with E-state index in [2.05, 4.69) is 5.32 Å². The van der Waals surface area contributed by atoms with Crippen molar-refractivity contribution in [3.05, 3.63) is 34.6 Å². The Morgan fingerprint density at radius 3 is 2.45 bits per heavy atom. The topological polar surface area (TPSA) is 15.3 Å². The number of nitrogens with one attached hydrogen (secondary N) is 1. The van der Waals surface area contributed by atoms with Crippen LogP contribution < -0.4 is 5.32 Å². The molecule has 0 saturated carbocycles. The van der Waals surface area contributed by atoms with Crippen LogP contribution in [-0.2, 0) is 0 Å². The van der Waals surface area contributed by atoms with Gasteiger partial charge >= 0.3 is 6.18 Å². The Morgan fingerprint density at radius 2 is 1.86 bits per heavy atom. The van der Waals surface area contributed by atoms with Crippen molar-refractivity contribution in [1.82, 2.24) is 10.2 Å². The molecule has 0 radical (unpaired) electrons. The third-order valence-corrected chi connectivity index (χ3v) is 3.85. The molecule has 1 aromatic rings. The number of benzene rings is 1. The summed E-state index contributed by atoms with van der Waals surface area (Å²) in [5.41, 5.74) is 0.244. The van der Waals surface area contributed by atoms with Crippen molar-refractivity contribution in [2.45, 2.75) is 25.1 Å². The van der Waals surface area contributed by atoms with E-state index in [4.69, 9.17) is 11.6 Å². The zero-order valence-corrected chi connectivity index (χ0v) is 13.4. The zero-order valence-electron chi connectivity index (χ0n) is 11.8. The maximum atomic E-state index is 14.0. The predicted molar refractivity (Wildman–Crippen MR) is 81.1 cm³/mol. The van der Waals surface area contributed by atoms with Gasteiger partial charge in [0.2, 0.25) is 0 Å². The van der Waals surface area contributed by atoms with E-state index in [0.717, 1.165) is 0 Å². The molecule has 1 N–H and O–H groups in total. The Morgan fingerprint density at radius 1 is 1.23 bits per heavy atom. The number of halogens is 6. The molecule has 0 bridgehead atoms. The lowest BCUT2D eigenvalue weighted by Crippen LogP contribution is -2.45. The Balaban J connectivity index is 0.00000242. The molecular weight excluding hydrogens is 343 g/mol. The van der Waals surface area contributed by atoms with Crippen LogP contribution in [0.1, 0.15) is 24.4 Å². The van der Waals surface area contributed by atoms with E-state index in [1.165, 1.54) is 18.2 Å². The maximum absolute atomic E-state index is 14.0. The maximum Gasteiger partial charge on any atom is 0.389 e. The third kappa shape index (κ3) is 5.57. The largest absolute Gasteiger partial charge is 0.389 e. The highest BCUT2D eigenvalue weighted by molar-refractivity contribution is 6.30. The number of rotatable bonds is 4. The average molecular weight is 361 g/mol. The first-order valence-electron chi connectivity index (χ1n) is 6.83. The predicted octanol–water partition coefficient (Wildman–Crippen LogP) is 4.19. The van der Waals surface area contributed by atoms with Gasteiger partial charge < -0.3 is 5.32 Å². The van der Waals surface area contributed by atoms with E-state index < -0.39 is 24.5 Å². The van der Waals surface area contributed by atoms with Gasteiger partial charge in [-0.2, -0.15) is 13.2 Å². The van der Waals surface area contributed by atoms with Crippen LogP contribution in [-0.4, -0.2) is 37.3 Å². The molecule has 1 aliphatic heterocycles. The molecule has 1 atom stereocenters. The summed E-state index contributed by atoms with van der Waals surface area (Å²) in [6.07, 6.45) is -5.35. The van der Waals surface area contributed by atoms with Gasteiger partial charge in [-0.05, 0) is 24.6 Å². The summed E-state index contributed by atoms with van der Waals surface area (Å²) in [6, 6.07) is 3.44. The minimum absolute atomic E-state index is 0. The van der Waals surface area contributed by atoms with Crippen molar-refractivity contribution >= 4 is 24.0 Å². The van der Waals surface area contributed by atoms with Gasteiger partial charge in [0, 0.05) is 49.2 Å². The second kappa shape index (κ2) is 8.34. The first kappa shape index (κ1) is 19.5. The van der Waals surface area contributed by atoms with Crippen LogP contribution in [0, 0.1) is 5.82 Å². The van der Waals surface area contributed by atoms with Gasteiger partial charge in [-0.1, -0.05) is 11.6 Å². The number of hydrogen-bond acceptors (Lipinski definition) is 2. The average Bonchev–Trinajstić information content (AvgIpc) is 2.43. The molecule has 0 aromatic heterocycles. The normalized spacial score (nSPS) is 17.9. The molecule has 0 aliphatic carbocycles. The molecular formula is C14H18Cl2F4N2. The van der Waals surface area contributed by atoms with E-state index in [1.54, 1.807) is 0 Å². The summed E-state index contributed by atoms with van der Waals surface area (Å²) in [4.78, 5) is 1.89. The van der Waals surface area contributed by atoms with Crippen molar-refractivity contribution in [3.63, 3.8) is 0 Å². The van der Waals surface area contributed by atoms with E-state index in [1.807, 2.05) is 4.90 Å². The van der Waals surface area contributed by atoms with Crippen LogP contribution in [0.15, 0.2) is 18.2 Å². The fraction of sp³-hybridized carbons (Fsp3) is 0.571. The molecule has 0 spiro atoms. The zero-order chi connectivity index (χ0) is 15.5. The van der Waals surface area contributed by atoms with E-state index in [0.29, 0.717) is 31.2 Å². The van der Waals surface area contributed by atoms with Gasteiger partial charge in [0.05, 0.1) is 0 Å². The SMILES string of the molecule is Cl.Fc1ccc(Cl)cc1[C@@H](CCC(F)(F)F)N1CCNCC1. The van der Waals surface area contributed by atoms with Crippen LogP contribution in [0.4, 0.5) is 17.6 Å². The van der Waals surface area contributed by atoms with Crippen molar-refractivity contribution in [2.75, 3.05) is 26.2 Å². The fourth-order valence-electron chi connectivity index (χ4n) is 2.60. The third-order valence-electron chi connectivity index (χ3n) is 3.61. The summed E-state index contributed by atoms with van der Waals surface area (Å²) in [6.45, 7) is 2.55. The number of hydrogen-bond donors (Lipinski definition) is 1. The molecule has 0 amide bonds. The Labute approximate surface area is 138 Å². The molecule has 2 rings (SSSR count). The Hall–Kier alpha value is -0.560. The van der Waals surface area contributed by atoms with Crippen LogP contribution in [0.3, 0.4) is 0 Å². The molecule has 1 heterocycles. The number of piperazine rings is 1. The molecule has 1 fully saturated rings. The highest BCUT2D eigenvalue weighted by atomic mass is 35.5. The van der Waals surface area contributed by atoms with Crippen molar-refractivity contribution in [2.24, 2.45) is 0 Å².